The van der Waals surface area contributed by atoms with Crippen LogP contribution >= 0.6 is 0 Å². The van der Waals surface area contributed by atoms with Gasteiger partial charge in [-0.2, -0.15) is 0 Å². The molecule has 18 heteroatoms. The van der Waals surface area contributed by atoms with Gasteiger partial charge in [-0.1, -0.05) is 13.8 Å². The van der Waals surface area contributed by atoms with E-state index in [1.54, 1.807) is 42.5 Å². The van der Waals surface area contributed by atoms with Crippen LogP contribution in [-0.2, 0) is 42.6 Å². The van der Waals surface area contributed by atoms with Crippen LogP contribution in [0.4, 0.5) is 28.7 Å². The average Bonchev–Trinajstić information content (AvgIpc) is 4.11. The van der Waals surface area contributed by atoms with Gasteiger partial charge in [0.1, 0.15) is 29.1 Å². The minimum Gasteiger partial charge on any atom is -0.392 e. The van der Waals surface area contributed by atoms with Crippen molar-refractivity contribution in [2.24, 2.45) is 17.9 Å². The number of rotatable bonds is 9. The highest BCUT2D eigenvalue weighted by atomic mass is 16.3. The van der Waals surface area contributed by atoms with E-state index in [0.29, 0.717) is 76.0 Å². The molecule has 3 N–H and O–H groups in total. The second-order valence-electron chi connectivity index (χ2n) is 22.6. The first-order chi connectivity index (χ1) is 35.6. The van der Waals surface area contributed by atoms with Gasteiger partial charge in [-0.25, -0.2) is 9.97 Å². The molecule has 12 rings (SSSR count). The van der Waals surface area contributed by atoms with Crippen LogP contribution in [0.1, 0.15) is 114 Å². The number of aromatic nitrogens is 4. The zero-order valence-electron chi connectivity index (χ0n) is 42.5. The largest absolute Gasteiger partial charge is 0.392 e. The second-order valence-corrected chi connectivity index (χ2v) is 22.6. The number of pyridine rings is 3. The van der Waals surface area contributed by atoms with E-state index in [0.717, 1.165) is 87.5 Å². The van der Waals surface area contributed by atoms with E-state index < -0.39 is 29.7 Å². The number of aryl methyl sites for hydroxylation is 1. The molecule has 1 saturated carbocycles. The van der Waals surface area contributed by atoms with Gasteiger partial charge in [-0.05, 0) is 129 Å². The Morgan fingerprint density at radius 3 is 2.35 bits per heavy atom. The number of anilines is 5. The summed E-state index contributed by atoms with van der Waals surface area (Å²) in [5.41, 5.74) is 8.12. The number of piperidine rings is 2. The molecule has 5 aliphatic heterocycles. The molecule has 9 heterocycles. The Balaban J connectivity index is 0.665. The minimum absolute atomic E-state index is 0.0858. The van der Waals surface area contributed by atoms with Crippen molar-refractivity contribution in [3.05, 3.63) is 111 Å². The quantitative estimate of drug-likeness (QED) is 0.159. The Bertz CT molecular complexity index is 3230. The molecule has 5 aromatic rings. The van der Waals surface area contributed by atoms with Gasteiger partial charge in [-0.3, -0.25) is 48.8 Å². The fraction of sp³-hybridized carbons (Fsp3) is 0.464. The van der Waals surface area contributed by atoms with Crippen molar-refractivity contribution in [1.29, 1.82) is 0 Å². The molecular weight excluding hydrogens is 939 g/mol. The van der Waals surface area contributed by atoms with E-state index in [1.807, 2.05) is 30.5 Å². The van der Waals surface area contributed by atoms with Gasteiger partial charge < -0.3 is 29.4 Å². The number of piperazine rings is 1. The number of nitrogens with zero attached hydrogens (tertiary/aromatic N) is 9. The molecule has 18 nitrogen and oxygen atoms in total. The summed E-state index contributed by atoms with van der Waals surface area (Å²) in [7, 11) is 1.70. The summed E-state index contributed by atoms with van der Waals surface area (Å²) >= 11 is 0. The first-order valence-electron chi connectivity index (χ1n) is 26.2. The summed E-state index contributed by atoms with van der Waals surface area (Å²) in [4.78, 5) is 98.1. The van der Waals surface area contributed by atoms with Crippen LogP contribution in [-0.4, -0.2) is 121 Å². The molecule has 4 aromatic heterocycles. The average molecular weight is 1000 g/mol. The SMILES string of the molecule is C[C@H]1CC2(CCC(N3CCN(c4ccc5c(c4)C(=O)N(C4CCC(=O)NC4=O)C5=O)CC3)C2)CCN1c1ccc(Nc2cc(-c3ccnc(N4CCn5c(cc6c5CC(C)(C)C6)C4=O)c3CO)cn(C)c2=O)nc1. The highest BCUT2D eigenvalue weighted by Crippen LogP contribution is 2.50. The summed E-state index contributed by atoms with van der Waals surface area (Å²) in [6.07, 6.45) is 13.1. The monoisotopic (exact) mass is 1000 g/mol. The number of hydrogen-bond donors (Lipinski definition) is 3. The molecule has 4 fully saturated rings. The number of fused-ring (bicyclic) bond motifs is 4. The summed E-state index contributed by atoms with van der Waals surface area (Å²) in [6, 6.07) is 14.8. The smallest absolute Gasteiger partial charge is 0.276 e. The molecule has 3 unspecified atom stereocenters. The molecule has 7 aliphatic rings. The van der Waals surface area contributed by atoms with E-state index in [9.17, 15) is 33.9 Å². The van der Waals surface area contributed by atoms with Gasteiger partial charge >= 0.3 is 0 Å². The molecule has 4 atom stereocenters. The van der Waals surface area contributed by atoms with Crippen molar-refractivity contribution in [2.45, 2.75) is 110 Å². The summed E-state index contributed by atoms with van der Waals surface area (Å²) in [6.45, 7) is 11.9. The van der Waals surface area contributed by atoms with Gasteiger partial charge in [0.25, 0.3) is 23.3 Å². The highest BCUT2D eigenvalue weighted by Gasteiger charge is 2.47. The summed E-state index contributed by atoms with van der Waals surface area (Å²) in [5, 5.41) is 16.4. The molecule has 5 amide bonds. The first-order valence-corrected chi connectivity index (χ1v) is 26.2. The second kappa shape index (κ2) is 18.0. The summed E-state index contributed by atoms with van der Waals surface area (Å²) in [5.74, 6) is -1.15. The van der Waals surface area contributed by atoms with Gasteiger partial charge in [-0.15, -0.1) is 0 Å². The third kappa shape index (κ3) is 8.16. The number of aliphatic hydroxyl groups excluding tert-OH is 1. The van der Waals surface area contributed by atoms with Crippen LogP contribution in [0.15, 0.2) is 71.9 Å². The van der Waals surface area contributed by atoms with Gasteiger partial charge in [0.05, 0.1) is 29.6 Å². The highest BCUT2D eigenvalue weighted by molar-refractivity contribution is 6.23. The van der Waals surface area contributed by atoms with Gasteiger partial charge in [0.15, 0.2) is 0 Å². The van der Waals surface area contributed by atoms with Gasteiger partial charge in [0.2, 0.25) is 11.8 Å². The molecule has 0 radical (unpaired) electrons. The number of carbonyl (C=O) groups excluding carboxylic acids is 5. The topological polar surface area (TPSA) is 199 Å². The lowest BCUT2D eigenvalue weighted by atomic mass is 9.74. The lowest BCUT2D eigenvalue weighted by Crippen LogP contribution is -2.54. The lowest BCUT2D eigenvalue weighted by Gasteiger charge is -2.46. The standard InChI is InChI=1S/C56H63N11O7/c1-33-26-56(13-11-37(28-56)63-19-17-62(18-20-63)36-5-7-40-41(25-36)52(72)67(51(40)71)44-8-10-48(69)60-50(44)70)14-16-64(33)38-6-9-47(58-30-38)59-43-23-35(31-61(4)53(43)73)39-12-15-57-49(42(39)32-68)66-22-21-65-45(54(66)74)24-34-27-55(2,3)29-46(34)65/h5-7,9,12,15,23-25,30-31,33,37,44,68H,8,10-11,13-14,16-22,26-29,32H2,1-4H3,(H,58,59)(H,60,69,70)/t33-,37?,44?,56?/m0/s1. The maximum atomic E-state index is 14.0. The molecule has 384 valence electrons. The minimum atomic E-state index is -0.984. The Labute approximate surface area is 429 Å². The van der Waals surface area contributed by atoms with Crippen LogP contribution in [0.2, 0.25) is 0 Å². The van der Waals surface area contributed by atoms with Crippen molar-refractivity contribution >= 4 is 58.2 Å². The zero-order chi connectivity index (χ0) is 51.4. The van der Waals surface area contributed by atoms with Crippen LogP contribution < -0.4 is 30.9 Å². The van der Waals surface area contributed by atoms with Crippen molar-refractivity contribution in [1.82, 2.24) is 34.2 Å². The van der Waals surface area contributed by atoms with Gasteiger partial charge in [0, 0.05) is 106 Å². The van der Waals surface area contributed by atoms with Crippen LogP contribution in [0, 0.1) is 10.8 Å². The van der Waals surface area contributed by atoms with Crippen LogP contribution in [0.3, 0.4) is 0 Å². The Morgan fingerprint density at radius 2 is 1.59 bits per heavy atom. The van der Waals surface area contributed by atoms with E-state index in [4.69, 9.17) is 4.98 Å². The van der Waals surface area contributed by atoms with Crippen molar-refractivity contribution in [2.75, 3.05) is 59.3 Å². The zero-order valence-corrected chi connectivity index (χ0v) is 42.5. The molecule has 0 bridgehead atoms. The van der Waals surface area contributed by atoms with E-state index >= 15 is 0 Å². The predicted molar refractivity (Wildman–Crippen MR) is 279 cm³/mol. The molecule has 3 saturated heterocycles. The molecule has 74 heavy (non-hydrogen) atoms. The fourth-order valence-electron chi connectivity index (χ4n) is 13.7. The normalized spacial score (nSPS) is 24.7. The molecule has 1 aromatic carbocycles. The Kier molecular flexibility index (Phi) is 11.7. The lowest BCUT2D eigenvalue weighted by molar-refractivity contribution is -0.136. The summed E-state index contributed by atoms with van der Waals surface area (Å²) < 4.78 is 3.68. The van der Waals surface area contributed by atoms with Crippen molar-refractivity contribution in [3.8, 4) is 11.1 Å². The number of aliphatic hydroxyl groups is 1. The molecule has 2 aliphatic carbocycles. The third-order valence-corrected chi connectivity index (χ3v) is 17.3. The van der Waals surface area contributed by atoms with Crippen molar-refractivity contribution < 1.29 is 29.1 Å². The van der Waals surface area contributed by atoms with Crippen molar-refractivity contribution in [3.63, 3.8) is 0 Å². The number of imide groups is 2. The Morgan fingerprint density at radius 1 is 0.797 bits per heavy atom. The third-order valence-electron chi connectivity index (χ3n) is 17.3. The fourth-order valence-corrected chi connectivity index (χ4v) is 13.7. The Hall–Kier alpha value is -7.18. The van der Waals surface area contributed by atoms with Crippen LogP contribution in [0.25, 0.3) is 11.1 Å². The van der Waals surface area contributed by atoms with E-state index in [2.05, 4.69) is 61.7 Å². The predicted octanol–water partition coefficient (Wildman–Crippen LogP) is 5.42. The maximum absolute atomic E-state index is 14.0. The number of amides is 5. The van der Waals surface area contributed by atoms with E-state index in [-0.39, 0.29) is 41.7 Å². The molecular formula is C56H63N11O7. The number of benzene rings is 1. The number of nitrogens with one attached hydrogen (secondary N) is 2. The number of carbonyl (C=O) groups is 5. The van der Waals surface area contributed by atoms with Crippen LogP contribution in [0.5, 0.6) is 0 Å². The van der Waals surface area contributed by atoms with E-state index in [1.165, 1.54) is 22.2 Å². The number of hydrogen-bond acceptors (Lipinski definition) is 13. The maximum Gasteiger partial charge on any atom is 0.276 e. The first kappa shape index (κ1) is 47.8. The molecule has 1 spiro atoms.